The molecule has 4 rings (SSSR count). The molecule has 1 aromatic heterocycles. The van der Waals surface area contributed by atoms with Crippen LogP contribution in [0.3, 0.4) is 0 Å². The van der Waals surface area contributed by atoms with Gasteiger partial charge in [0.15, 0.2) is 0 Å². The third-order valence-electron chi connectivity index (χ3n) is 3.84. The number of fused-ring (bicyclic) bond motifs is 4. The maximum atomic E-state index is 9.10. The summed E-state index contributed by atoms with van der Waals surface area (Å²) in [6, 6.07) is 19.5. The molecule has 0 radical (unpaired) electrons. The van der Waals surface area contributed by atoms with Crippen LogP contribution in [0.1, 0.15) is 5.56 Å². The number of hydrogen-bond donors (Lipinski definition) is 0. The van der Waals surface area contributed by atoms with E-state index in [1.165, 1.54) is 31.6 Å². The molecule has 3 heteroatoms. The number of hydrogen-bond acceptors (Lipinski definition) is 2. The van der Waals surface area contributed by atoms with Gasteiger partial charge in [0.05, 0.1) is 16.3 Å². The van der Waals surface area contributed by atoms with Crippen molar-refractivity contribution in [1.29, 1.82) is 5.26 Å². The number of benzene rings is 3. The summed E-state index contributed by atoms with van der Waals surface area (Å²) in [7, 11) is 0. The van der Waals surface area contributed by atoms with Gasteiger partial charge in [0.1, 0.15) is 0 Å². The van der Waals surface area contributed by atoms with E-state index in [0.29, 0.717) is 6.42 Å². The normalized spacial score (nSPS) is 11.2. The van der Waals surface area contributed by atoms with Crippen molar-refractivity contribution in [3.8, 4) is 6.07 Å². The molecular formula is C18H10BrNS. The summed E-state index contributed by atoms with van der Waals surface area (Å²) in [5.41, 5.74) is 1.11. The van der Waals surface area contributed by atoms with Crippen LogP contribution in [0.4, 0.5) is 0 Å². The van der Waals surface area contributed by atoms with Crippen molar-refractivity contribution in [3.05, 3.63) is 57.9 Å². The molecule has 0 saturated heterocycles. The molecule has 1 nitrogen and oxygen atoms in total. The van der Waals surface area contributed by atoms with E-state index in [1.807, 2.05) is 0 Å². The number of nitrogens with zero attached hydrogens (tertiary/aromatic N) is 1. The Bertz CT molecular complexity index is 1040. The number of halogens is 1. The van der Waals surface area contributed by atoms with E-state index in [4.69, 9.17) is 5.26 Å². The lowest BCUT2D eigenvalue weighted by atomic mass is 9.99. The third-order valence-corrected chi connectivity index (χ3v) is 5.79. The van der Waals surface area contributed by atoms with Crippen LogP contribution < -0.4 is 0 Å². The SMILES string of the molecule is N#CCc1c(Br)sc2ccc3cc4ccccc4cc3c12. The van der Waals surface area contributed by atoms with Crippen LogP contribution in [0.25, 0.3) is 31.6 Å². The Balaban J connectivity index is 2.21. The monoisotopic (exact) mass is 351 g/mol. The van der Waals surface area contributed by atoms with E-state index in [2.05, 4.69) is 70.5 Å². The Hall–Kier alpha value is -1.89. The lowest BCUT2D eigenvalue weighted by molar-refractivity contribution is 1.29. The second-order valence-corrected chi connectivity index (χ2v) is 7.42. The van der Waals surface area contributed by atoms with Gasteiger partial charge in [-0.05, 0) is 61.2 Å². The van der Waals surface area contributed by atoms with Gasteiger partial charge in [-0.3, -0.25) is 0 Å². The fourth-order valence-corrected chi connectivity index (χ4v) is 4.71. The third kappa shape index (κ3) is 1.95. The molecule has 0 aliphatic carbocycles. The molecule has 1 heterocycles. The number of rotatable bonds is 1. The summed E-state index contributed by atoms with van der Waals surface area (Å²) in [4.78, 5) is 0. The Morgan fingerprint density at radius 1 is 1.00 bits per heavy atom. The van der Waals surface area contributed by atoms with Gasteiger partial charge < -0.3 is 0 Å². The van der Waals surface area contributed by atoms with Gasteiger partial charge in [-0.25, -0.2) is 0 Å². The fraction of sp³-hybridized carbons (Fsp3) is 0.0556. The van der Waals surface area contributed by atoms with Crippen LogP contribution in [0.15, 0.2) is 52.3 Å². The molecule has 0 atom stereocenters. The Labute approximate surface area is 134 Å². The van der Waals surface area contributed by atoms with Crippen LogP contribution in [-0.2, 0) is 6.42 Å². The highest BCUT2D eigenvalue weighted by atomic mass is 79.9. The molecule has 0 amide bonds. The zero-order chi connectivity index (χ0) is 14.4. The van der Waals surface area contributed by atoms with Crippen LogP contribution in [0.2, 0.25) is 0 Å². The topological polar surface area (TPSA) is 23.8 Å². The van der Waals surface area contributed by atoms with E-state index in [9.17, 15) is 0 Å². The zero-order valence-electron chi connectivity index (χ0n) is 11.1. The minimum atomic E-state index is 0.437. The van der Waals surface area contributed by atoms with Gasteiger partial charge in [-0.15, -0.1) is 11.3 Å². The first-order chi connectivity index (χ1) is 10.3. The Morgan fingerprint density at radius 2 is 1.76 bits per heavy atom. The predicted molar refractivity (Wildman–Crippen MR) is 93.9 cm³/mol. The maximum Gasteiger partial charge on any atom is 0.0753 e. The minimum absolute atomic E-state index is 0.437. The van der Waals surface area contributed by atoms with Crippen molar-refractivity contribution in [1.82, 2.24) is 0 Å². The standard InChI is InChI=1S/C18H10BrNS/c19-18-14(7-8-20)17-15-10-12-4-2-1-3-11(12)9-13(15)5-6-16(17)21-18/h1-6,9-10H,7H2. The van der Waals surface area contributed by atoms with Gasteiger partial charge in [0.25, 0.3) is 0 Å². The molecule has 4 aromatic rings. The largest absolute Gasteiger partial charge is 0.198 e. The van der Waals surface area contributed by atoms with E-state index >= 15 is 0 Å². The van der Waals surface area contributed by atoms with Crippen LogP contribution >= 0.6 is 27.3 Å². The molecule has 21 heavy (non-hydrogen) atoms. The summed E-state index contributed by atoms with van der Waals surface area (Å²) in [6.45, 7) is 0. The van der Waals surface area contributed by atoms with E-state index in [0.717, 1.165) is 9.35 Å². The van der Waals surface area contributed by atoms with E-state index in [-0.39, 0.29) is 0 Å². The average molecular weight is 352 g/mol. The Kier molecular flexibility index (Phi) is 2.95. The quantitative estimate of drug-likeness (QED) is 0.383. The van der Waals surface area contributed by atoms with Crippen molar-refractivity contribution >= 4 is 58.9 Å². The summed E-state index contributed by atoms with van der Waals surface area (Å²) < 4.78 is 2.30. The summed E-state index contributed by atoms with van der Waals surface area (Å²) >= 11 is 5.32. The van der Waals surface area contributed by atoms with Crippen molar-refractivity contribution in [3.63, 3.8) is 0 Å². The molecule has 0 aliphatic rings. The van der Waals surface area contributed by atoms with Gasteiger partial charge in [-0.1, -0.05) is 30.3 Å². The molecule has 0 fully saturated rings. The summed E-state index contributed by atoms with van der Waals surface area (Å²) in [5.74, 6) is 0. The molecule has 0 N–H and O–H groups in total. The lowest BCUT2D eigenvalue weighted by Crippen LogP contribution is -1.83. The first-order valence-electron chi connectivity index (χ1n) is 6.67. The van der Waals surface area contributed by atoms with Crippen molar-refractivity contribution in [2.24, 2.45) is 0 Å². The van der Waals surface area contributed by atoms with Crippen molar-refractivity contribution < 1.29 is 0 Å². The highest BCUT2D eigenvalue weighted by Crippen LogP contribution is 2.40. The van der Waals surface area contributed by atoms with Crippen LogP contribution in [0.5, 0.6) is 0 Å². The smallest absolute Gasteiger partial charge is 0.0753 e. The molecular weight excluding hydrogens is 342 g/mol. The zero-order valence-corrected chi connectivity index (χ0v) is 13.5. The summed E-state index contributed by atoms with van der Waals surface area (Å²) in [6.07, 6.45) is 0.437. The van der Waals surface area contributed by atoms with Gasteiger partial charge >= 0.3 is 0 Å². The van der Waals surface area contributed by atoms with Gasteiger partial charge in [0, 0.05) is 10.1 Å². The van der Waals surface area contributed by atoms with Crippen LogP contribution in [0, 0.1) is 11.3 Å². The van der Waals surface area contributed by atoms with Crippen molar-refractivity contribution in [2.45, 2.75) is 6.42 Å². The lowest BCUT2D eigenvalue weighted by Gasteiger charge is -2.05. The van der Waals surface area contributed by atoms with Gasteiger partial charge in [-0.2, -0.15) is 5.26 Å². The molecule has 3 aromatic carbocycles. The molecule has 0 unspecified atom stereocenters. The number of nitriles is 1. The van der Waals surface area contributed by atoms with Gasteiger partial charge in [0.2, 0.25) is 0 Å². The highest BCUT2D eigenvalue weighted by molar-refractivity contribution is 9.11. The molecule has 0 aliphatic heterocycles. The second-order valence-electron chi connectivity index (χ2n) is 5.05. The summed E-state index contributed by atoms with van der Waals surface area (Å²) in [5, 5.41) is 15.3. The first kappa shape index (κ1) is 12.8. The fourth-order valence-electron chi connectivity index (χ4n) is 2.88. The minimum Gasteiger partial charge on any atom is -0.198 e. The maximum absolute atomic E-state index is 9.10. The predicted octanol–water partition coefficient (Wildman–Crippen LogP) is 6.04. The molecule has 100 valence electrons. The molecule has 0 bridgehead atoms. The van der Waals surface area contributed by atoms with Crippen LogP contribution in [-0.4, -0.2) is 0 Å². The van der Waals surface area contributed by atoms with E-state index in [1.54, 1.807) is 11.3 Å². The average Bonchev–Trinajstić information content (AvgIpc) is 2.82. The first-order valence-corrected chi connectivity index (χ1v) is 8.28. The highest BCUT2D eigenvalue weighted by Gasteiger charge is 2.13. The Morgan fingerprint density at radius 3 is 2.52 bits per heavy atom. The van der Waals surface area contributed by atoms with Crippen molar-refractivity contribution in [2.75, 3.05) is 0 Å². The van der Waals surface area contributed by atoms with E-state index < -0.39 is 0 Å². The molecule has 0 saturated carbocycles. The second kappa shape index (κ2) is 4.84. The molecule has 0 spiro atoms. The number of thiophene rings is 1.